The van der Waals surface area contributed by atoms with Crippen LogP contribution in [0, 0.1) is 0 Å². The number of aromatic amines is 1. The van der Waals surface area contributed by atoms with Crippen LogP contribution in [0.25, 0.3) is 22.3 Å². The molecule has 0 saturated carbocycles. The lowest BCUT2D eigenvalue weighted by molar-refractivity contribution is -0.114. The highest BCUT2D eigenvalue weighted by atomic mass is 19.3. The molecular weight excluding hydrogens is 452 g/mol. The number of carbonyl (C=O) groups is 1. The van der Waals surface area contributed by atoms with E-state index in [1.165, 1.54) is 13.3 Å². The van der Waals surface area contributed by atoms with Gasteiger partial charge in [0, 0.05) is 56.8 Å². The highest BCUT2D eigenvalue weighted by Crippen LogP contribution is 2.32. The number of anilines is 1. The van der Waals surface area contributed by atoms with Crippen molar-refractivity contribution < 1.29 is 18.3 Å². The molecule has 0 spiro atoms. The number of carbonyl (C=O) groups excluding carboxylic acids is 1. The van der Waals surface area contributed by atoms with Crippen molar-refractivity contribution in [3.63, 3.8) is 0 Å². The first-order valence-electron chi connectivity index (χ1n) is 11.4. The molecule has 3 heterocycles. The number of fused-ring (bicyclic) bond motifs is 1. The van der Waals surface area contributed by atoms with Crippen LogP contribution < -0.4 is 10.1 Å². The number of hydrogen-bond donors (Lipinski definition) is 2. The number of ether oxygens (including phenoxy) is 1. The number of nitrogens with one attached hydrogen (secondary N) is 2. The van der Waals surface area contributed by atoms with Gasteiger partial charge in [0.1, 0.15) is 17.7 Å². The first kappa shape index (κ1) is 22.9. The Morgan fingerprint density at radius 1 is 1.11 bits per heavy atom. The van der Waals surface area contributed by atoms with Crippen LogP contribution in [-0.4, -0.2) is 44.8 Å². The zero-order chi connectivity index (χ0) is 24.4. The predicted molar refractivity (Wildman–Crippen MR) is 130 cm³/mol. The zero-order valence-corrected chi connectivity index (χ0v) is 19.2. The van der Waals surface area contributed by atoms with Gasteiger partial charge in [-0.1, -0.05) is 30.3 Å². The second-order valence-electron chi connectivity index (χ2n) is 8.76. The number of nitrogens with zero attached hydrogens (tertiary/aromatic N) is 3. The molecule has 0 radical (unpaired) electrons. The minimum atomic E-state index is -2.53. The Morgan fingerprint density at radius 2 is 1.89 bits per heavy atom. The Kier molecular flexibility index (Phi) is 6.17. The molecule has 4 aromatic rings. The van der Waals surface area contributed by atoms with Gasteiger partial charge in [-0.15, -0.1) is 0 Å². The Balaban J connectivity index is 1.32. The Morgan fingerprint density at radius 3 is 2.63 bits per heavy atom. The summed E-state index contributed by atoms with van der Waals surface area (Å²) in [6.45, 7) is 2.92. The fourth-order valence-electron chi connectivity index (χ4n) is 4.19. The van der Waals surface area contributed by atoms with Crippen LogP contribution in [0.1, 0.15) is 25.3 Å². The molecule has 1 aliphatic rings. The van der Waals surface area contributed by atoms with Crippen LogP contribution in [-0.2, 0) is 11.3 Å². The van der Waals surface area contributed by atoms with Crippen molar-refractivity contribution in [3.05, 3.63) is 66.5 Å². The molecule has 9 heteroatoms. The average molecular weight is 478 g/mol. The van der Waals surface area contributed by atoms with Crippen molar-refractivity contribution in [2.24, 2.45) is 0 Å². The Labute approximate surface area is 201 Å². The molecule has 0 bridgehead atoms. The van der Waals surface area contributed by atoms with Crippen molar-refractivity contribution >= 4 is 22.6 Å². The van der Waals surface area contributed by atoms with E-state index in [1.54, 1.807) is 24.3 Å². The van der Waals surface area contributed by atoms with Gasteiger partial charge in [-0.25, -0.2) is 18.7 Å². The van der Waals surface area contributed by atoms with Crippen LogP contribution in [0.5, 0.6) is 11.6 Å². The van der Waals surface area contributed by atoms with Crippen molar-refractivity contribution in [3.8, 4) is 22.9 Å². The molecule has 1 saturated heterocycles. The molecule has 0 atom stereocenters. The van der Waals surface area contributed by atoms with E-state index < -0.39 is 5.92 Å². The van der Waals surface area contributed by atoms with Crippen LogP contribution in [0.3, 0.4) is 0 Å². The summed E-state index contributed by atoms with van der Waals surface area (Å²) in [7, 11) is 0. The lowest BCUT2D eigenvalue weighted by Crippen LogP contribution is -2.38. The number of aromatic nitrogens is 3. The van der Waals surface area contributed by atoms with Crippen LogP contribution in [0.4, 0.5) is 14.5 Å². The number of piperidine rings is 1. The first-order valence-corrected chi connectivity index (χ1v) is 11.4. The topological polar surface area (TPSA) is 83.1 Å². The normalized spacial score (nSPS) is 15.7. The van der Waals surface area contributed by atoms with E-state index in [1.807, 2.05) is 30.3 Å². The zero-order valence-electron chi connectivity index (χ0n) is 19.2. The average Bonchev–Trinajstić information content (AvgIpc) is 3.26. The molecule has 1 fully saturated rings. The minimum absolute atomic E-state index is 0.0802. The fourth-order valence-corrected chi connectivity index (χ4v) is 4.19. The van der Waals surface area contributed by atoms with Crippen molar-refractivity contribution in [1.82, 2.24) is 19.9 Å². The van der Waals surface area contributed by atoms with Crippen LogP contribution in [0.15, 0.2) is 60.9 Å². The maximum Gasteiger partial charge on any atom is 0.250 e. The predicted octanol–water partition coefficient (Wildman–Crippen LogP) is 5.61. The summed E-state index contributed by atoms with van der Waals surface area (Å²) in [4.78, 5) is 25.3. The third-order valence-electron chi connectivity index (χ3n) is 6.02. The third-order valence-corrected chi connectivity index (χ3v) is 6.02. The second-order valence-corrected chi connectivity index (χ2v) is 8.76. The molecule has 1 amide bonds. The summed E-state index contributed by atoms with van der Waals surface area (Å²) in [6.07, 6.45) is 1.27. The van der Waals surface area contributed by atoms with Gasteiger partial charge in [0.2, 0.25) is 11.8 Å². The summed E-state index contributed by atoms with van der Waals surface area (Å²) in [5.74, 6) is -1.75. The lowest BCUT2D eigenvalue weighted by Gasteiger charge is -2.31. The number of amides is 1. The quantitative estimate of drug-likeness (QED) is 0.377. The fraction of sp³-hybridized carbons (Fsp3) is 0.269. The van der Waals surface area contributed by atoms with Gasteiger partial charge >= 0.3 is 0 Å². The van der Waals surface area contributed by atoms with Gasteiger partial charge in [-0.3, -0.25) is 9.69 Å². The summed E-state index contributed by atoms with van der Waals surface area (Å²) in [5, 5.41) is 3.46. The summed E-state index contributed by atoms with van der Waals surface area (Å²) in [6, 6.07) is 17.1. The van der Waals surface area contributed by atoms with Crippen LogP contribution in [0.2, 0.25) is 0 Å². The van der Waals surface area contributed by atoms with Crippen molar-refractivity contribution in [2.75, 3.05) is 18.4 Å². The first-order chi connectivity index (χ1) is 16.8. The van der Waals surface area contributed by atoms with E-state index in [9.17, 15) is 13.6 Å². The number of likely N-dealkylation sites (tertiary alicyclic amines) is 1. The number of H-pyrrole nitrogens is 1. The lowest BCUT2D eigenvalue weighted by atomic mass is 10.0. The maximum atomic E-state index is 13.4. The van der Waals surface area contributed by atoms with Crippen molar-refractivity contribution in [2.45, 2.75) is 32.2 Å². The molecule has 5 rings (SSSR count). The smallest absolute Gasteiger partial charge is 0.250 e. The summed E-state index contributed by atoms with van der Waals surface area (Å²) < 4.78 is 32.8. The molecule has 0 unspecified atom stereocenters. The van der Waals surface area contributed by atoms with Crippen LogP contribution >= 0.6 is 0 Å². The summed E-state index contributed by atoms with van der Waals surface area (Å²) >= 11 is 0. The molecule has 1 aliphatic heterocycles. The second kappa shape index (κ2) is 9.42. The van der Waals surface area contributed by atoms with Gasteiger partial charge in [-0.2, -0.15) is 0 Å². The van der Waals surface area contributed by atoms with Gasteiger partial charge in [-0.05, 0) is 29.3 Å². The largest absolute Gasteiger partial charge is 0.438 e. The van der Waals surface area contributed by atoms with E-state index in [-0.39, 0.29) is 18.7 Å². The molecule has 180 valence electrons. The van der Waals surface area contributed by atoms with Gasteiger partial charge < -0.3 is 15.0 Å². The number of halogens is 2. The Hall–Kier alpha value is -3.85. The SMILES string of the molecule is CC(=O)Nc1cccc(Oc2ncnc3[nH]c(-c4ccc(CN5CCC(F)(F)CC5)cc4)cc23)c1. The van der Waals surface area contributed by atoms with E-state index in [0.29, 0.717) is 42.6 Å². The van der Waals surface area contributed by atoms with E-state index in [2.05, 4.69) is 25.2 Å². The monoisotopic (exact) mass is 477 g/mol. The third kappa shape index (κ3) is 5.46. The molecule has 7 nitrogen and oxygen atoms in total. The highest BCUT2D eigenvalue weighted by molar-refractivity contribution is 5.89. The molecule has 0 aliphatic carbocycles. The van der Waals surface area contributed by atoms with E-state index in [4.69, 9.17) is 4.74 Å². The van der Waals surface area contributed by atoms with Gasteiger partial charge in [0.25, 0.3) is 5.92 Å². The molecule has 2 aromatic carbocycles. The standard InChI is InChI=1S/C26H25F2N5O2/c1-17(34)31-20-3-2-4-21(13-20)35-25-22-14-23(32-24(22)29-16-30-25)19-7-5-18(6-8-19)15-33-11-9-26(27,28)10-12-33/h2-8,13-14,16H,9-12,15H2,1H3,(H,31,34)(H,29,30,32). The van der Waals surface area contributed by atoms with E-state index >= 15 is 0 Å². The van der Waals surface area contributed by atoms with E-state index in [0.717, 1.165) is 22.2 Å². The van der Waals surface area contributed by atoms with Crippen molar-refractivity contribution in [1.29, 1.82) is 0 Å². The molecule has 2 N–H and O–H groups in total. The van der Waals surface area contributed by atoms with Gasteiger partial charge in [0.05, 0.1) is 5.39 Å². The number of benzene rings is 2. The highest BCUT2D eigenvalue weighted by Gasteiger charge is 2.33. The molecular formula is C26H25F2N5O2. The minimum Gasteiger partial charge on any atom is -0.438 e. The number of rotatable bonds is 6. The van der Waals surface area contributed by atoms with Gasteiger partial charge in [0.15, 0.2) is 0 Å². The maximum absolute atomic E-state index is 13.4. The summed E-state index contributed by atoms with van der Waals surface area (Å²) in [5.41, 5.74) is 4.18. The number of hydrogen-bond acceptors (Lipinski definition) is 5. The number of alkyl halides is 2. The Bertz CT molecular complexity index is 1340. The molecule has 35 heavy (non-hydrogen) atoms. The molecule has 2 aromatic heterocycles.